The zero-order valence-corrected chi connectivity index (χ0v) is 11.4. The molecule has 1 fully saturated rings. The Kier molecular flexibility index (Phi) is 3.18. The minimum atomic E-state index is 0.175. The number of rotatable bonds is 2. The van der Waals surface area contributed by atoms with Crippen molar-refractivity contribution < 1.29 is 0 Å². The fourth-order valence-electron chi connectivity index (χ4n) is 2.77. The molecule has 1 aliphatic heterocycles. The van der Waals surface area contributed by atoms with Gasteiger partial charge in [0, 0.05) is 18.6 Å². The second kappa shape index (κ2) is 4.82. The predicted molar refractivity (Wildman–Crippen MR) is 76.0 cm³/mol. The molecule has 4 nitrogen and oxygen atoms in total. The highest BCUT2D eigenvalue weighted by Gasteiger charge is 2.27. The summed E-state index contributed by atoms with van der Waals surface area (Å²) in [6, 6.07) is 2.69. The average molecular weight is 262 g/mol. The van der Waals surface area contributed by atoms with E-state index in [2.05, 4.69) is 33.2 Å². The van der Waals surface area contributed by atoms with E-state index in [1.807, 2.05) is 0 Å². The van der Waals surface area contributed by atoms with Crippen LogP contribution in [0, 0.1) is 0 Å². The smallest absolute Gasteiger partial charge is 0.141 e. The van der Waals surface area contributed by atoms with Gasteiger partial charge < -0.3 is 10.6 Å². The van der Waals surface area contributed by atoms with Crippen LogP contribution in [0.15, 0.2) is 17.8 Å². The molecule has 0 amide bonds. The Labute approximate surface area is 111 Å². The average Bonchev–Trinajstić information content (AvgIpc) is 2.86. The molecule has 3 heterocycles. The lowest BCUT2D eigenvalue weighted by Gasteiger charge is -2.39. The molecular formula is C13H18N4S. The molecule has 18 heavy (non-hydrogen) atoms. The van der Waals surface area contributed by atoms with Crippen molar-refractivity contribution >= 4 is 27.4 Å². The Hall–Kier alpha value is -1.20. The Morgan fingerprint density at radius 3 is 3.17 bits per heavy atom. The molecule has 3 rings (SSSR count). The number of nitrogens with two attached hydrogens (primary N) is 1. The Balaban J connectivity index is 2.03. The quantitative estimate of drug-likeness (QED) is 0.903. The van der Waals surface area contributed by atoms with Crippen LogP contribution in [0.5, 0.6) is 0 Å². The van der Waals surface area contributed by atoms with Gasteiger partial charge in [-0.1, -0.05) is 0 Å². The minimum absolute atomic E-state index is 0.175. The van der Waals surface area contributed by atoms with E-state index < -0.39 is 0 Å². The first-order valence-corrected chi connectivity index (χ1v) is 7.36. The molecule has 0 aromatic carbocycles. The van der Waals surface area contributed by atoms with Crippen LogP contribution in [-0.4, -0.2) is 28.6 Å². The molecule has 1 saturated heterocycles. The summed E-state index contributed by atoms with van der Waals surface area (Å²) in [6.45, 7) is 3.14. The van der Waals surface area contributed by atoms with Gasteiger partial charge in [-0.3, -0.25) is 0 Å². The van der Waals surface area contributed by atoms with Crippen LogP contribution < -0.4 is 10.6 Å². The van der Waals surface area contributed by atoms with Crippen molar-refractivity contribution in [2.24, 2.45) is 5.73 Å². The van der Waals surface area contributed by atoms with Gasteiger partial charge in [-0.25, -0.2) is 9.97 Å². The first-order chi connectivity index (χ1) is 8.77. The van der Waals surface area contributed by atoms with Gasteiger partial charge in [-0.2, -0.15) is 0 Å². The van der Waals surface area contributed by atoms with E-state index in [-0.39, 0.29) is 6.04 Å². The number of hydrogen-bond donors (Lipinski definition) is 1. The summed E-state index contributed by atoms with van der Waals surface area (Å²) in [5.41, 5.74) is 6.13. The highest BCUT2D eigenvalue weighted by Crippen LogP contribution is 2.31. The van der Waals surface area contributed by atoms with E-state index in [0.29, 0.717) is 6.04 Å². The van der Waals surface area contributed by atoms with Crippen molar-refractivity contribution in [3.05, 3.63) is 17.8 Å². The van der Waals surface area contributed by atoms with E-state index in [1.54, 1.807) is 17.7 Å². The fourth-order valence-corrected chi connectivity index (χ4v) is 3.50. The number of anilines is 1. The van der Waals surface area contributed by atoms with Gasteiger partial charge in [0.05, 0.1) is 5.39 Å². The summed E-state index contributed by atoms with van der Waals surface area (Å²) in [4.78, 5) is 12.3. The van der Waals surface area contributed by atoms with Gasteiger partial charge in [-0.15, -0.1) is 11.3 Å². The molecule has 96 valence electrons. The molecular weight excluding hydrogens is 244 g/mol. The van der Waals surface area contributed by atoms with Crippen LogP contribution in [0.1, 0.15) is 26.2 Å². The van der Waals surface area contributed by atoms with Gasteiger partial charge in [0.15, 0.2) is 0 Å². The lowest BCUT2D eigenvalue weighted by atomic mass is 9.97. The molecule has 0 radical (unpaired) electrons. The Morgan fingerprint density at radius 1 is 1.44 bits per heavy atom. The summed E-state index contributed by atoms with van der Waals surface area (Å²) in [7, 11) is 0. The number of fused-ring (bicyclic) bond motifs is 1. The summed E-state index contributed by atoms with van der Waals surface area (Å²) < 4.78 is 0. The normalized spacial score (nSPS) is 22.3. The zero-order chi connectivity index (χ0) is 12.5. The molecule has 2 N–H and O–H groups in total. The summed E-state index contributed by atoms with van der Waals surface area (Å²) in [5.74, 6) is 1.06. The topological polar surface area (TPSA) is 55.0 Å². The molecule has 0 aliphatic carbocycles. The van der Waals surface area contributed by atoms with Crippen molar-refractivity contribution in [2.45, 2.75) is 38.3 Å². The summed E-state index contributed by atoms with van der Waals surface area (Å²) in [6.07, 6.45) is 5.31. The van der Waals surface area contributed by atoms with Gasteiger partial charge in [-0.05, 0) is 37.6 Å². The maximum absolute atomic E-state index is 6.13. The molecule has 0 bridgehead atoms. The van der Waals surface area contributed by atoms with Crippen LogP contribution in [0.25, 0.3) is 10.2 Å². The molecule has 2 aromatic heterocycles. The van der Waals surface area contributed by atoms with Crippen molar-refractivity contribution in [2.75, 3.05) is 11.4 Å². The second-order valence-corrected chi connectivity index (χ2v) is 5.85. The summed E-state index contributed by atoms with van der Waals surface area (Å²) >= 11 is 1.67. The maximum Gasteiger partial charge on any atom is 0.141 e. The minimum Gasteiger partial charge on any atom is -0.351 e. The monoisotopic (exact) mass is 262 g/mol. The van der Waals surface area contributed by atoms with E-state index in [0.717, 1.165) is 29.0 Å². The van der Waals surface area contributed by atoms with Crippen LogP contribution in [0.4, 0.5) is 5.82 Å². The molecule has 2 aromatic rings. The number of aromatic nitrogens is 2. The van der Waals surface area contributed by atoms with Gasteiger partial charge in [0.1, 0.15) is 17.0 Å². The molecule has 1 aliphatic rings. The Bertz CT molecular complexity index is 537. The van der Waals surface area contributed by atoms with Gasteiger partial charge in [0.2, 0.25) is 0 Å². The van der Waals surface area contributed by atoms with E-state index in [1.165, 1.54) is 12.8 Å². The van der Waals surface area contributed by atoms with Crippen molar-refractivity contribution in [1.29, 1.82) is 0 Å². The third kappa shape index (κ3) is 1.97. The molecule has 0 saturated carbocycles. The zero-order valence-electron chi connectivity index (χ0n) is 10.5. The molecule has 5 heteroatoms. The molecule has 2 atom stereocenters. The van der Waals surface area contributed by atoms with E-state index in [9.17, 15) is 0 Å². The number of hydrogen-bond acceptors (Lipinski definition) is 5. The van der Waals surface area contributed by atoms with Gasteiger partial charge in [0.25, 0.3) is 0 Å². The predicted octanol–water partition coefficient (Wildman–Crippen LogP) is 2.40. The van der Waals surface area contributed by atoms with Crippen molar-refractivity contribution in [1.82, 2.24) is 9.97 Å². The standard InChI is InChI=1S/C13H18N4S/c1-9(14)11-4-2-3-6-17(11)12-10-5-7-18-13(10)16-8-15-12/h5,7-9,11H,2-4,6,14H2,1H3. The number of piperidine rings is 1. The number of nitrogens with zero attached hydrogens (tertiary/aromatic N) is 3. The van der Waals surface area contributed by atoms with Crippen LogP contribution >= 0.6 is 11.3 Å². The SMILES string of the molecule is CC(N)C1CCCCN1c1ncnc2sccc12. The largest absolute Gasteiger partial charge is 0.351 e. The second-order valence-electron chi connectivity index (χ2n) is 4.95. The van der Waals surface area contributed by atoms with Gasteiger partial charge >= 0.3 is 0 Å². The summed E-state index contributed by atoms with van der Waals surface area (Å²) in [5, 5.41) is 3.24. The Morgan fingerprint density at radius 2 is 2.33 bits per heavy atom. The third-order valence-corrected chi connectivity index (χ3v) is 4.49. The first-order valence-electron chi connectivity index (χ1n) is 6.48. The molecule has 2 unspecified atom stereocenters. The van der Waals surface area contributed by atoms with E-state index >= 15 is 0 Å². The number of thiophene rings is 1. The highest BCUT2D eigenvalue weighted by atomic mass is 32.1. The maximum atomic E-state index is 6.13. The van der Waals surface area contributed by atoms with Crippen LogP contribution in [0.2, 0.25) is 0 Å². The van der Waals surface area contributed by atoms with Crippen molar-refractivity contribution in [3.8, 4) is 0 Å². The van der Waals surface area contributed by atoms with Crippen molar-refractivity contribution in [3.63, 3.8) is 0 Å². The third-order valence-electron chi connectivity index (χ3n) is 3.67. The lowest BCUT2D eigenvalue weighted by Crippen LogP contribution is -2.49. The molecule has 0 spiro atoms. The van der Waals surface area contributed by atoms with Crippen LogP contribution in [0.3, 0.4) is 0 Å². The van der Waals surface area contributed by atoms with E-state index in [4.69, 9.17) is 5.73 Å². The van der Waals surface area contributed by atoms with Crippen LogP contribution in [-0.2, 0) is 0 Å². The highest BCUT2D eigenvalue weighted by molar-refractivity contribution is 7.16. The first kappa shape index (κ1) is 11.9. The lowest BCUT2D eigenvalue weighted by molar-refractivity contribution is 0.412. The fraction of sp³-hybridized carbons (Fsp3) is 0.538.